The van der Waals surface area contributed by atoms with Gasteiger partial charge in [0.2, 0.25) is 0 Å². The molecule has 26 heavy (non-hydrogen) atoms. The summed E-state index contributed by atoms with van der Waals surface area (Å²) in [5.41, 5.74) is 2.30. The maximum Gasteiger partial charge on any atom is 0.274 e. The average molecular weight is 349 g/mol. The van der Waals surface area contributed by atoms with Gasteiger partial charge in [0, 0.05) is 18.5 Å². The molecule has 134 valence electrons. The Morgan fingerprint density at radius 3 is 2.42 bits per heavy atom. The first-order valence-electron chi connectivity index (χ1n) is 8.80. The van der Waals surface area contributed by atoms with Crippen LogP contribution in [0.3, 0.4) is 0 Å². The molecular formula is C21H23N3O2. The van der Waals surface area contributed by atoms with Gasteiger partial charge in [-0.15, -0.1) is 0 Å². The fourth-order valence-corrected chi connectivity index (χ4v) is 2.94. The lowest BCUT2D eigenvalue weighted by molar-refractivity contribution is 0.0945. The number of carbonyl (C=O) groups excluding carboxylic acids is 1. The van der Waals surface area contributed by atoms with Gasteiger partial charge < -0.3 is 5.32 Å². The molecule has 3 aromatic rings. The van der Waals surface area contributed by atoms with Crippen LogP contribution < -0.4 is 10.9 Å². The van der Waals surface area contributed by atoms with Gasteiger partial charge in [-0.05, 0) is 30.0 Å². The van der Waals surface area contributed by atoms with Gasteiger partial charge in [0.1, 0.15) is 0 Å². The van der Waals surface area contributed by atoms with Crippen LogP contribution in [0.25, 0.3) is 10.8 Å². The second kappa shape index (κ2) is 7.52. The minimum atomic E-state index is -0.276. The highest BCUT2D eigenvalue weighted by molar-refractivity contribution is 6.04. The van der Waals surface area contributed by atoms with Crippen molar-refractivity contribution in [1.82, 2.24) is 15.1 Å². The van der Waals surface area contributed by atoms with E-state index in [1.165, 1.54) is 4.68 Å². The molecule has 1 aromatic heterocycles. The van der Waals surface area contributed by atoms with Crippen molar-refractivity contribution in [3.8, 4) is 0 Å². The molecule has 1 amide bonds. The first-order valence-corrected chi connectivity index (χ1v) is 8.80. The predicted molar refractivity (Wildman–Crippen MR) is 103 cm³/mol. The standard InChI is InChI=1S/C21H23N3O2/c1-14(2)13-24-21(26)18-11-7-6-10-17(18)19(23-24)20(25)22-12-16-9-5-4-8-15(16)3/h4-11,14H,12-13H2,1-3H3,(H,22,25). The van der Waals surface area contributed by atoms with Crippen LogP contribution in [0.2, 0.25) is 0 Å². The van der Waals surface area contributed by atoms with E-state index in [2.05, 4.69) is 10.4 Å². The number of hydrogen-bond donors (Lipinski definition) is 1. The maximum absolute atomic E-state index is 12.8. The van der Waals surface area contributed by atoms with Gasteiger partial charge in [0.25, 0.3) is 11.5 Å². The summed E-state index contributed by atoms with van der Waals surface area (Å²) in [5, 5.41) is 8.40. The summed E-state index contributed by atoms with van der Waals surface area (Å²) in [6, 6.07) is 15.1. The van der Waals surface area contributed by atoms with E-state index >= 15 is 0 Å². The Kier molecular flexibility index (Phi) is 5.16. The molecule has 2 aromatic carbocycles. The Morgan fingerprint density at radius 2 is 1.73 bits per heavy atom. The van der Waals surface area contributed by atoms with E-state index in [4.69, 9.17) is 0 Å². The molecule has 0 fully saturated rings. The number of hydrogen-bond acceptors (Lipinski definition) is 3. The minimum absolute atomic E-state index is 0.162. The molecule has 0 spiro atoms. The molecule has 0 saturated heterocycles. The van der Waals surface area contributed by atoms with E-state index in [1.807, 2.05) is 51.1 Å². The summed E-state index contributed by atoms with van der Waals surface area (Å²) in [6.45, 7) is 6.94. The van der Waals surface area contributed by atoms with Crippen LogP contribution in [0.5, 0.6) is 0 Å². The summed E-state index contributed by atoms with van der Waals surface area (Å²) in [6.07, 6.45) is 0. The van der Waals surface area contributed by atoms with Gasteiger partial charge in [-0.3, -0.25) is 9.59 Å². The molecule has 3 rings (SSSR count). The van der Waals surface area contributed by atoms with Gasteiger partial charge in [0.15, 0.2) is 5.69 Å². The number of benzene rings is 2. The van der Waals surface area contributed by atoms with E-state index in [-0.39, 0.29) is 23.1 Å². The molecule has 0 atom stereocenters. The first-order chi connectivity index (χ1) is 12.5. The van der Waals surface area contributed by atoms with Crippen molar-refractivity contribution in [3.63, 3.8) is 0 Å². The second-order valence-corrected chi connectivity index (χ2v) is 6.88. The largest absolute Gasteiger partial charge is 0.347 e. The van der Waals surface area contributed by atoms with Crippen molar-refractivity contribution in [2.75, 3.05) is 0 Å². The summed E-state index contributed by atoms with van der Waals surface area (Å²) >= 11 is 0. The third-order valence-corrected chi connectivity index (χ3v) is 4.32. The summed E-state index contributed by atoms with van der Waals surface area (Å²) in [5.74, 6) is -0.0220. The SMILES string of the molecule is Cc1ccccc1CNC(=O)c1nn(CC(C)C)c(=O)c2ccccc12. The van der Waals surface area contributed by atoms with Gasteiger partial charge >= 0.3 is 0 Å². The molecule has 0 aliphatic carbocycles. The Hall–Kier alpha value is -2.95. The van der Waals surface area contributed by atoms with Gasteiger partial charge in [-0.25, -0.2) is 4.68 Å². The van der Waals surface area contributed by atoms with Crippen molar-refractivity contribution in [3.05, 3.63) is 75.7 Å². The molecular weight excluding hydrogens is 326 g/mol. The Balaban J connectivity index is 1.97. The number of aryl methyl sites for hydroxylation is 1. The Labute approximate surface area is 152 Å². The molecule has 0 aliphatic rings. The van der Waals surface area contributed by atoms with Crippen LogP contribution in [0.1, 0.15) is 35.5 Å². The third-order valence-electron chi connectivity index (χ3n) is 4.32. The predicted octanol–water partition coefficient (Wildman–Crippen LogP) is 3.29. The van der Waals surface area contributed by atoms with Crippen molar-refractivity contribution in [1.29, 1.82) is 0 Å². The molecule has 5 nitrogen and oxygen atoms in total. The summed E-state index contributed by atoms with van der Waals surface area (Å²) < 4.78 is 1.40. The number of carbonyl (C=O) groups is 1. The molecule has 0 aliphatic heterocycles. The van der Waals surface area contributed by atoms with E-state index in [0.717, 1.165) is 11.1 Å². The smallest absolute Gasteiger partial charge is 0.274 e. The highest BCUT2D eigenvalue weighted by Gasteiger charge is 2.17. The molecule has 1 heterocycles. The number of rotatable bonds is 5. The zero-order chi connectivity index (χ0) is 18.7. The minimum Gasteiger partial charge on any atom is -0.347 e. The first kappa shape index (κ1) is 17.9. The number of amides is 1. The molecule has 1 N–H and O–H groups in total. The van der Waals surface area contributed by atoms with Gasteiger partial charge in [-0.1, -0.05) is 56.3 Å². The quantitative estimate of drug-likeness (QED) is 0.769. The molecule has 5 heteroatoms. The molecule has 0 bridgehead atoms. The number of aromatic nitrogens is 2. The van der Waals surface area contributed by atoms with Crippen LogP contribution in [-0.4, -0.2) is 15.7 Å². The van der Waals surface area contributed by atoms with Crippen LogP contribution >= 0.6 is 0 Å². The Bertz CT molecular complexity index is 1010. The monoisotopic (exact) mass is 349 g/mol. The molecule has 0 saturated carbocycles. The lowest BCUT2D eigenvalue weighted by atomic mass is 10.1. The third kappa shape index (κ3) is 3.67. The Morgan fingerprint density at radius 1 is 1.08 bits per heavy atom. The molecule has 0 unspecified atom stereocenters. The van der Waals surface area contributed by atoms with E-state index in [9.17, 15) is 9.59 Å². The summed E-state index contributed by atoms with van der Waals surface area (Å²) in [7, 11) is 0. The van der Waals surface area contributed by atoms with Crippen LogP contribution in [0.4, 0.5) is 0 Å². The lowest BCUT2D eigenvalue weighted by Gasteiger charge is -2.13. The van der Waals surface area contributed by atoms with E-state index in [0.29, 0.717) is 23.9 Å². The average Bonchev–Trinajstić information content (AvgIpc) is 2.63. The maximum atomic E-state index is 12.8. The lowest BCUT2D eigenvalue weighted by Crippen LogP contribution is -2.31. The fraction of sp³-hybridized carbons (Fsp3) is 0.286. The van der Waals surface area contributed by atoms with E-state index in [1.54, 1.807) is 18.2 Å². The van der Waals surface area contributed by atoms with Crippen LogP contribution in [0, 0.1) is 12.8 Å². The van der Waals surface area contributed by atoms with Crippen LogP contribution in [-0.2, 0) is 13.1 Å². The summed E-state index contributed by atoms with van der Waals surface area (Å²) in [4.78, 5) is 25.4. The molecule has 0 radical (unpaired) electrons. The topological polar surface area (TPSA) is 64.0 Å². The number of nitrogens with zero attached hydrogens (tertiary/aromatic N) is 2. The van der Waals surface area contributed by atoms with Crippen molar-refractivity contribution < 1.29 is 4.79 Å². The van der Waals surface area contributed by atoms with Gasteiger partial charge in [-0.2, -0.15) is 5.10 Å². The van der Waals surface area contributed by atoms with Crippen molar-refractivity contribution in [2.24, 2.45) is 5.92 Å². The van der Waals surface area contributed by atoms with Crippen molar-refractivity contribution in [2.45, 2.75) is 33.9 Å². The van der Waals surface area contributed by atoms with Crippen LogP contribution in [0.15, 0.2) is 53.3 Å². The highest BCUT2D eigenvalue weighted by Crippen LogP contribution is 2.14. The fourth-order valence-electron chi connectivity index (χ4n) is 2.94. The second-order valence-electron chi connectivity index (χ2n) is 6.88. The van der Waals surface area contributed by atoms with E-state index < -0.39 is 0 Å². The normalized spacial score (nSPS) is 11.1. The number of fused-ring (bicyclic) bond motifs is 1. The number of nitrogens with one attached hydrogen (secondary N) is 1. The zero-order valence-electron chi connectivity index (χ0n) is 15.3. The van der Waals surface area contributed by atoms with Gasteiger partial charge in [0.05, 0.1) is 5.39 Å². The zero-order valence-corrected chi connectivity index (χ0v) is 15.3. The van der Waals surface area contributed by atoms with Crippen molar-refractivity contribution >= 4 is 16.7 Å². The highest BCUT2D eigenvalue weighted by atomic mass is 16.2.